The van der Waals surface area contributed by atoms with Crippen LogP contribution >= 0.6 is 0 Å². The molecule has 0 amide bonds. The highest BCUT2D eigenvalue weighted by Gasteiger charge is 2.13. The Hall–Kier alpha value is -1.09. The minimum Gasteiger partial charge on any atom is -0.475 e. The van der Waals surface area contributed by atoms with Crippen molar-refractivity contribution in [2.75, 3.05) is 6.61 Å². The lowest BCUT2D eigenvalue weighted by Crippen LogP contribution is -2.28. The summed E-state index contributed by atoms with van der Waals surface area (Å²) in [6.45, 7) is 5.74. The zero-order valence-electron chi connectivity index (χ0n) is 8.95. The molecule has 0 aliphatic heterocycles. The predicted octanol–water partition coefficient (Wildman–Crippen LogP) is 1.79. The van der Waals surface area contributed by atoms with Crippen molar-refractivity contribution in [3.8, 4) is 5.88 Å². The SMILES string of the molecule is CCc1ccc(OCC(C)(C)O)nc1. The summed E-state index contributed by atoms with van der Waals surface area (Å²) in [5.74, 6) is 0.560. The van der Waals surface area contributed by atoms with Crippen LogP contribution in [0.15, 0.2) is 18.3 Å². The average Bonchev–Trinajstić information content (AvgIpc) is 2.14. The molecule has 14 heavy (non-hydrogen) atoms. The van der Waals surface area contributed by atoms with Crippen molar-refractivity contribution in [2.24, 2.45) is 0 Å². The Balaban J connectivity index is 2.52. The highest BCUT2D eigenvalue weighted by atomic mass is 16.5. The second-order valence-corrected chi connectivity index (χ2v) is 3.96. The largest absolute Gasteiger partial charge is 0.475 e. The van der Waals surface area contributed by atoms with Crippen LogP contribution in [0.25, 0.3) is 0 Å². The minimum atomic E-state index is -0.814. The van der Waals surface area contributed by atoms with E-state index >= 15 is 0 Å². The first-order valence-corrected chi connectivity index (χ1v) is 4.81. The van der Waals surface area contributed by atoms with Crippen LogP contribution in [-0.4, -0.2) is 22.3 Å². The van der Waals surface area contributed by atoms with Crippen LogP contribution in [0, 0.1) is 0 Å². The van der Waals surface area contributed by atoms with Gasteiger partial charge in [0.2, 0.25) is 5.88 Å². The van der Waals surface area contributed by atoms with Gasteiger partial charge in [-0.05, 0) is 25.8 Å². The lowest BCUT2D eigenvalue weighted by Gasteiger charge is -2.17. The van der Waals surface area contributed by atoms with Crippen molar-refractivity contribution < 1.29 is 9.84 Å². The average molecular weight is 195 g/mol. The number of aliphatic hydroxyl groups is 1. The standard InChI is InChI=1S/C11H17NO2/c1-4-9-5-6-10(12-7-9)14-8-11(2,3)13/h5-7,13H,4,8H2,1-3H3. The number of hydrogen-bond donors (Lipinski definition) is 1. The molecule has 1 rings (SSSR count). The smallest absolute Gasteiger partial charge is 0.213 e. The van der Waals surface area contributed by atoms with E-state index in [-0.39, 0.29) is 6.61 Å². The van der Waals surface area contributed by atoms with Gasteiger partial charge in [-0.15, -0.1) is 0 Å². The van der Waals surface area contributed by atoms with Gasteiger partial charge in [-0.25, -0.2) is 4.98 Å². The molecule has 78 valence electrons. The van der Waals surface area contributed by atoms with Gasteiger partial charge >= 0.3 is 0 Å². The summed E-state index contributed by atoms with van der Waals surface area (Å²) in [7, 11) is 0. The lowest BCUT2D eigenvalue weighted by molar-refractivity contribution is 0.0268. The molecule has 0 fully saturated rings. The van der Waals surface area contributed by atoms with E-state index in [0.29, 0.717) is 5.88 Å². The van der Waals surface area contributed by atoms with Crippen molar-refractivity contribution >= 4 is 0 Å². The summed E-state index contributed by atoms with van der Waals surface area (Å²) in [5, 5.41) is 9.43. The van der Waals surface area contributed by atoms with Crippen LogP contribution in [0.3, 0.4) is 0 Å². The third-order valence-electron chi connectivity index (χ3n) is 1.78. The fourth-order valence-electron chi connectivity index (χ4n) is 0.956. The number of aromatic nitrogens is 1. The van der Waals surface area contributed by atoms with E-state index in [4.69, 9.17) is 4.74 Å². The third kappa shape index (κ3) is 3.75. The van der Waals surface area contributed by atoms with Crippen molar-refractivity contribution in [2.45, 2.75) is 32.8 Å². The van der Waals surface area contributed by atoms with Crippen molar-refractivity contribution in [1.29, 1.82) is 0 Å². The molecule has 1 aromatic heterocycles. The summed E-state index contributed by atoms with van der Waals surface area (Å²) in [6, 6.07) is 3.80. The van der Waals surface area contributed by atoms with Crippen molar-refractivity contribution in [3.05, 3.63) is 23.9 Å². The molecule has 0 radical (unpaired) electrons. The monoisotopic (exact) mass is 195 g/mol. The molecule has 0 spiro atoms. The first-order valence-electron chi connectivity index (χ1n) is 4.81. The number of rotatable bonds is 4. The van der Waals surface area contributed by atoms with Crippen LogP contribution in [-0.2, 0) is 6.42 Å². The van der Waals surface area contributed by atoms with Crippen LogP contribution in [0.2, 0.25) is 0 Å². The first kappa shape index (κ1) is 11.0. The topological polar surface area (TPSA) is 42.4 Å². The second kappa shape index (κ2) is 4.42. The number of hydrogen-bond acceptors (Lipinski definition) is 3. The molecule has 0 aliphatic rings. The number of pyridine rings is 1. The molecule has 0 aromatic carbocycles. The summed E-state index contributed by atoms with van der Waals surface area (Å²) in [6.07, 6.45) is 2.76. The van der Waals surface area contributed by atoms with E-state index in [9.17, 15) is 5.11 Å². The summed E-state index contributed by atoms with van der Waals surface area (Å²) >= 11 is 0. The van der Waals surface area contributed by atoms with Crippen LogP contribution in [0.1, 0.15) is 26.3 Å². The Morgan fingerprint density at radius 3 is 2.57 bits per heavy atom. The van der Waals surface area contributed by atoms with Gasteiger partial charge in [-0.1, -0.05) is 13.0 Å². The maximum absolute atomic E-state index is 9.43. The molecule has 0 aliphatic carbocycles. The highest BCUT2D eigenvalue weighted by molar-refractivity contribution is 5.17. The fourth-order valence-corrected chi connectivity index (χ4v) is 0.956. The van der Waals surface area contributed by atoms with E-state index < -0.39 is 5.60 Å². The molecule has 3 nitrogen and oxygen atoms in total. The van der Waals surface area contributed by atoms with Gasteiger partial charge < -0.3 is 9.84 Å². The van der Waals surface area contributed by atoms with Crippen molar-refractivity contribution in [1.82, 2.24) is 4.98 Å². The number of aryl methyl sites for hydroxylation is 1. The van der Waals surface area contributed by atoms with Crippen LogP contribution in [0.4, 0.5) is 0 Å². The number of ether oxygens (including phenoxy) is 1. The molecular formula is C11H17NO2. The van der Waals surface area contributed by atoms with Gasteiger partial charge in [0.05, 0.1) is 5.60 Å². The molecule has 0 unspecified atom stereocenters. The zero-order chi connectivity index (χ0) is 10.6. The van der Waals surface area contributed by atoms with Crippen molar-refractivity contribution in [3.63, 3.8) is 0 Å². The number of nitrogens with zero attached hydrogens (tertiary/aromatic N) is 1. The Morgan fingerprint density at radius 1 is 1.43 bits per heavy atom. The summed E-state index contributed by atoms with van der Waals surface area (Å²) < 4.78 is 5.31. The van der Waals surface area contributed by atoms with Gasteiger partial charge in [-0.2, -0.15) is 0 Å². The first-order chi connectivity index (χ1) is 6.51. The molecule has 1 N–H and O–H groups in total. The minimum absolute atomic E-state index is 0.255. The Kier molecular flexibility index (Phi) is 3.47. The molecular weight excluding hydrogens is 178 g/mol. The van der Waals surface area contributed by atoms with Gasteiger partial charge in [-0.3, -0.25) is 0 Å². The van der Waals surface area contributed by atoms with E-state index in [1.165, 1.54) is 5.56 Å². The van der Waals surface area contributed by atoms with Gasteiger partial charge in [0, 0.05) is 12.3 Å². The Bertz CT molecular complexity index is 274. The lowest BCUT2D eigenvalue weighted by atomic mass is 10.2. The van der Waals surface area contributed by atoms with E-state index in [2.05, 4.69) is 11.9 Å². The normalized spacial score (nSPS) is 11.4. The van der Waals surface area contributed by atoms with Gasteiger partial charge in [0.15, 0.2) is 0 Å². The quantitative estimate of drug-likeness (QED) is 0.796. The van der Waals surface area contributed by atoms with E-state index in [1.807, 2.05) is 12.1 Å². The molecule has 0 bridgehead atoms. The molecule has 0 saturated carbocycles. The van der Waals surface area contributed by atoms with E-state index in [0.717, 1.165) is 6.42 Å². The third-order valence-corrected chi connectivity index (χ3v) is 1.78. The molecule has 3 heteroatoms. The summed E-state index contributed by atoms with van der Waals surface area (Å²) in [4.78, 5) is 4.12. The molecule has 0 saturated heterocycles. The molecule has 0 atom stereocenters. The van der Waals surface area contributed by atoms with E-state index in [1.54, 1.807) is 20.0 Å². The van der Waals surface area contributed by atoms with Gasteiger partial charge in [0.1, 0.15) is 6.61 Å². The molecule has 1 heterocycles. The molecule has 1 aromatic rings. The Labute approximate surface area is 84.7 Å². The zero-order valence-corrected chi connectivity index (χ0v) is 8.95. The highest BCUT2D eigenvalue weighted by Crippen LogP contribution is 2.10. The maximum atomic E-state index is 9.43. The predicted molar refractivity (Wildman–Crippen MR) is 55.4 cm³/mol. The summed E-state index contributed by atoms with van der Waals surface area (Å²) in [5.41, 5.74) is 0.367. The van der Waals surface area contributed by atoms with Gasteiger partial charge in [0.25, 0.3) is 0 Å². The van der Waals surface area contributed by atoms with Crippen LogP contribution in [0.5, 0.6) is 5.88 Å². The fraction of sp³-hybridized carbons (Fsp3) is 0.545. The second-order valence-electron chi connectivity index (χ2n) is 3.96. The maximum Gasteiger partial charge on any atom is 0.213 e. The van der Waals surface area contributed by atoms with Crippen LogP contribution < -0.4 is 4.74 Å². The Morgan fingerprint density at radius 2 is 2.14 bits per heavy atom.